The molecule has 1 aliphatic rings. The summed E-state index contributed by atoms with van der Waals surface area (Å²) < 4.78 is 0. The molecule has 2 unspecified atom stereocenters. The standard InChI is InChI=1S/C12H25N3O2/c1-3-5-15-6-4-11(8-15)7-13-12(17)14-10(2)9-16/h10-11,16H,3-9H2,1-2H3,(H2,13,14,17). The van der Waals surface area contributed by atoms with Gasteiger partial charge in [0.05, 0.1) is 12.6 Å². The van der Waals surface area contributed by atoms with Crippen LogP contribution in [0.1, 0.15) is 26.7 Å². The first-order valence-corrected chi connectivity index (χ1v) is 6.53. The number of hydrogen-bond donors (Lipinski definition) is 3. The average Bonchev–Trinajstić information content (AvgIpc) is 2.74. The summed E-state index contributed by atoms with van der Waals surface area (Å²) in [6.07, 6.45) is 2.35. The van der Waals surface area contributed by atoms with Gasteiger partial charge < -0.3 is 20.6 Å². The van der Waals surface area contributed by atoms with Gasteiger partial charge in [0, 0.05) is 13.1 Å². The van der Waals surface area contributed by atoms with Crippen LogP contribution in [0.3, 0.4) is 0 Å². The van der Waals surface area contributed by atoms with Crippen LogP contribution < -0.4 is 10.6 Å². The summed E-state index contributed by atoms with van der Waals surface area (Å²) in [5, 5.41) is 14.3. The van der Waals surface area contributed by atoms with E-state index >= 15 is 0 Å². The van der Waals surface area contributed by atoms with Crippen LogP contribution in [0.15, 0.2) is 0 Å². The van der Waals surface area contributed by atoms with E-state index in [0.717, 1.165) is 32.6 Å². The number of urea groups is 1. The first-order valence-electron chi connectivity index (χ1n) is 6.53. The molecule has 0 aromatic rings. The molecule has 1 saturated heterocycles. The second-order valence-electron chi connectivity index (χ2n) is 4.89. The van der Waals surface area contributed by atoms with Crippen molar-refractivity contribution in [1.82, 2.24) is 15.5 Å². The molecule has 1 aliphatic heterocycles. The quantitative estimate of drug-likeness (QED) is 0.632. The van der Waals surface area contributed by atoms with E-state index in [2.05, 4.69) is 22.5 Å². The summed E-state index contributed by atoms with van der Waals surface area (Å²) in [4.78, 5) is 13.9. The lowest BCUT2D eigenvalue weighted by Gasteiger charge is -2.16. The fourth-order valence-electron chi connectivity index (χ4n) is 2.16. The molecule has 1 heterocycles. The summed E-state index contributed by atoms with van der Waals surface area (Å²) in [6.45, 7) is 8.06. The Hall–Kier alpha value is -0.810. The lowest BCUT2D eigenvalue weighted by molar-refractivity contribution is 0.219. The molecular weight excluding hydrogens is 218 g/mol. The lowest BCUT2D eigenvalue weighted by atomic mass is 10.1. The first-order chi connectivity index (χ1) is 8.15. The highest BCUT2D eigenvalue weighted by molar-refractivity contribution is 5.74. The molecule has 1 fully saturated rings. The number of hydrogen-bond acceptors (Lipinski definition) is 3. The molecule has 0 saturated carbocycles. The Morgan fingerprint density at radius 2 is 2.35 bits per heavy atom. The summed E-state index contributed by atoms with van der Waals surface area (Å²) in [6, 6.07) is -0.365. The van der Waals surface area contributed by atoms with Gasteiger partial charge in [-0.3, -0.25) is 0 Å². The summed E-state index contributed by atoms with van der Waals surface area (Å²) in [7, 11) is 0. The van der Waals surface area contributed by atoms with E-state index in [1.807, 2.05) is 0 Å². The van der Waals surface area contributed by atoms with Crippen molar-refractivity contribution >= 4 is 6.03 Å². The van der Waals surface area contributed by atoms with Crippen LogP contribution in [-0.2, 0) is 0 Å². The first kappa shape index (κ1) is 14.3. The highest BCUT2D eigenvalue weighted by Crippen LogP contribution is 2.15. The Balaban J connectivity index is 2.13. The molecule has 0 spiro atoms. The molecule has 17 heavy (non-hydrogen) atoms. The maximum Gasteiger partial charge on any atom is 0.315 e. The number of aliphatic hydroxyl groups excluding tert-OH is 1. The minimum atomic E-state index is -0.185. The zero-order valence-corrected chi connectivity index (χ0v) is 10.9. The Labute approximate surface area is 104 Å². The van der Waals surface area contributed by atoms with Crippen LogP contribution in [-0.4, -0.2) is 54.9 Å². The molecule has 0 bridgehead atoms. The molecule has 0 aliphatic carbocycles. The van der Waals surface area contributed by atoms with Crippen molar-refractivity contribution < 1.29 is 9.90 Å². The van der Waals surface area contributed by atoms with Crippen molar-refractivity contribution in [3.63, 3.8) is 0 Å². The topological polar surface area (TPSA) is 64.6 Å². The monoisotopic (exact) mass is 243 g/mol. The lowest BCUT2D eigenvalue weighted by Crippen LogP contribution is -2.44. The molecular formula is C12H25N3O2. The molecule has 3 N–H and O–H groups in total. The largest absolute Gasteiger partial charge is 0.394 e. The van der Waals surface area contributed by atoms with E-state index in [1.165, 1.54) is 6.42 Å². The fraction of sp³-hybridized carbons (Fsp3) is 0.917. The van der Waals surface area contributed by atoms with Gasteiger partial charge in [0.1, 0.15) is 0 Å². The van der Waals surface area contributed by atoms with Gasteiger partial charge in [0.2, 0.25) is 0 Å². The maximum atomic E-state index is 11.4. The number of nitrogens with zero attached hydrogens (tertiary/aromatic N) is 1. The van der Waals surface area contributed by atoms with E-state index in [0.29, 0.717) is 5.92 Å². The summed E-state index contributed by atoms with van der Waals surface area (Å²) in [5.41, 5.74) is 0. The summed E-state index contributed by atoms with van der Waals surface area (Å²) >= 11 is 0. The van der Waals surface area contributed by atoms with Crippen molar-refractivity contribution in [1.29, 1.82) is 0 Å². The number of likely N-dealkylation sites (tertiary alicyclic amines) is 1. The number of amides is 2. The predicted molar refractivity (Wildman–Crippen MR) is 67.9 cm³/mol. The van der Waals surface area contributed by atoms with Crippen molar-refractivity contribution in [3.8, 4) is 0 Å². The highest BCUT2D eigenvalue weighted by atomic mass is 16.3. The highest BCUT2D eigenvalue weighted by Gasteiger charge is 2.21. The third-order valence-electron chi connectivity index (χ3n) is 3.11. The summed E-state index contributed by atoms with van der Waals surface area (Å²) in [5.74, 6) is 0.566. The minimum Gasteiger partial charge on any atom is -0.394 e. The smallest absolute Gasteiger partial charge is 0.315 e. The third kappa shape index (κ3) is 5.37. The van der Waals surface area contributed by atoms with E-state index in [-0.39, 0.29) is 18.7 Å². The molecule has 2 amide bonds. The number of rotatable bonds is 6. The van der Waals surface area contributed by atoms with Crippen LogP contribution in [0.2, 0.25) is 0 Å². The Bertz CT molecular complexity index is 236. The second kappa shape index (κ2) is 7.50. The Morgan fingerprint density at radius 1 is 1.59 bits per heavy atom. The number of carbonyl (C=O) groups excluding carboxylic acids is 1. The predicted octanol–water partition coefficient (Wildman–Crippen LogP) is 0.398. The van der Waals surface area contributed by atoms with Crippen LogP contribution in [0, 0.1) is 5.92 Å². The molecule has 100 valence electrons. The van der Waals surface area contributed by atoms with Gasteiger partial charge in [-0.1, -0.05) is 6.92 Å². The van der Waals surface area contributed by atoms with Crippen molar-refractivity contribution in [2.24, 2.45) is 5.92 Å². The number of nitrogens with one attached hydrogen (secondary N) is 2. The molecule has 5 heteroatoms. The van der Waals surface area contributed by atoms with E-state index in [1.54, 1.807) is 6.92 Å². The molecule has 0 aromatic carbocycles. The van der Waals surface area contributed by atoms with E-state index in [4.69, 9.17) is 5.11 Å². The molecule has 1 rings (SSSR count). The number of aliphatic hydroxyl groups is 1. The van der Waals surface area contributed by atoms with Crippen LogP contribution in [0.25, 0.3) is 0 Å². The van der Waals surface area contributed by atoms with Gasteiger partial charge in [-0.25, -0.2) is 4.79 Å². The fourth-order valence-corrected chi connectivity index (χ4v) is 2.16. The molecule has 5 nitrogen and oxygen atoms in total. The zero-order chi connectivity index (χ0) is 12.7. The second-order valence-corrected chi connectivity index (χ2v) is 4.89. The van der Waals surface area contributed by atoms with Gasteiger partial charge in [0.15, 0.2) is 0 Å². The van der Waals surface area contributed by atoms with Crippen molar-refractivity contribution in [3.05, 3.63) is 0 Å². The van der Waals surface area contributed by atoms with Crippen LogP contribution in [0.4, 0.5) is 4.79 Å². The molecule has 2 atom stereocenters. The van der Waals surface area contributed by atoms with Gasteiger partial charge >= 0.3 is 6.03 Å². The third-order valence-corrected chi connectivity index (χ3v) is 3.11. The maximum absolute atomic E-state index is 11.4. The molecule has 0 aromatic heterocycles. The van der Waals surface area contributed by atoms with Crippen LogP contribution in [0.5, 0.6) is 0 Å². The van der Waals surface area contributed by atoms with Crippen molar-refractivity contribution in [2.45, 2.75) is 32.7 Å². The number of carbonyl (C=O) groups is 1. The zero-order valence-electron chi connectivity index (χ0n) is 10.9. The van der Waals surface area contributed by atoms with Gasteiger partial charge in [-0.2, -0.15) is 0 Å². The van der Waals surface area contributed by atoms with Gasteiger partial charge in [0.25, 0.3) is 0 Å². The Kier molecular flexibility index (Phi) is 6.29. The normalized spacial score (nSPS) is 22.4. The van der Waals surface area contributed by atoms with Gasteiger partial charge in [-0.05, 0) is 38.8 Å². The Morgan fingerprint density at radius 3 is 3.00 bits per heavy atom. The minimum absolute atomic E-state index is 0.0267. The SMILES string of the molecule is CCCN1CCC(CNC(=O)NC(C)CO)C1. The van der Waals surface area contributed by atoms with Crippen LogP contribution >= 0.6 is 0 Å². The van der Waals surface area contributed by atoms with Crippen molar-refractivity contribution in [2.75, 3.05) is 32.8 Å². The van der Waals surface area contributed by atoms with E-state index < -0.39 is 0 Å². The average molecular weight is 243 g/mol. The molecule has 0 radical (unpaired) electrons. The van der Waals surface area contributed by atoms with E-state index in [9.17, 15) is 4.79 Å². The van der Waals surface area contributed by atoms with Gasteiger partial charge in [-0.15, -0.1) is 0 Å².